The summed E-state index contributed by atoms with van der Waals surface area (Å²) in [6.45, 7) is 2.94. The first-order valence-corrected chi connectivity index (χ1v) is 7.60. The molecule has 110 valence electrons. The fourth-order valence-corrected chi connectivity index (χ4v) is 2.57. The van der Waals surface area contributed by atoms with E-state index in [4.69, 9.17) is 0 Å². The Kier molecular flexibility index (Phi) is 5.51. The number of rotatable bonds is 7. The molecule has 21 heavy (non-hydrogen) atoms. The summed E-state index contributed by atoms with van der Waals surface area (Å²) in [5, 5.41) is 14.1. The van der Waals surface area contributed by atoms with E-state index in [9.17, 15) is 10.1 Å². The maximum absolute atomic E-state index is 10.9. The number of nitrogens with zero attached hydrogens (tertiary/aromatic N) is 3. The highest BCUT2D eigenvalue weighted by atomic mass is 32.2. The summed E-state index contributed by atoms with van der Waals surface area (Å²) < 4.78 is 0. The van der Waals surface area contributed by atoms with Gasteiger partial charge < -0.3 is 5.32 Å². The molecule has 0 bridgehead atoms. The molecule has 1 aromatic carbocycles. The van der Waals surface area contributed by atoms with Crippen LogP contribution in [0.4, 0.5) is 11.5 Å². The van der Waals surface area contributed by atoms with Gasteiger partial charge in [-0.1, -0.05) is 19.1 Å². The molecule has 0 saturated heterocycles. The summed E-state index contributed by atoms with van der Waals surface area (Å²) in [5.41, 5.74) is 0.914. The Hall–Kier alpha value is -2.15. The monoisotopic (exact) mass is 304 g/mol. The molecule has 0 atom stereocenters. The predicted octanol–water partition coefficient (Wildman–Crippen LogP) is 3.50. The van der Waals surface area contributed by atoms with E-state index >= 15 is 0 Å². The van der Waals surface area contributed by atoms with Gasteiger partial charge in [0.15, 0.2) is 0 Å². The van der Waals surface area contributed by atoms with Crippen molar-refractivity contribution >= 4 is 23.3 Å². The second-order valence-electron chi connectivity index (χ2n) is 4.33. The van der Waals surface area contributed by atoms with Crippen molar-refractivity contribution in [1.82, 2.24) is 9.97 Å². The van der Waals surface area contributed by atoms with Crippen molar-refractivity contribution < 1.29 is 4.92 Å². The first-order valence-electron chi connectivity index (χ1n) is 6.61. The number of hydrogen-bond donors (Lipinski definition) is 1. The van der Waals surface area contributed by atoms with Crippen LogP contribution in [-0.2, 0) is 5.75 Å². The number of nitro benzene ring substituents is 1. The molecule has 2 aromatic rings. The Labute approximate surface area is 127 Å². The Bertz CT molecular complexity index is 604. The molecule has 0 fully saturated rings. The molecular formula is C14H16N4O2S. The minimum absolute atomic E-state index is 0.122. The molecule has 1 heterocycles. The number of hydrogen-bond acceptors (Lipinski definition) is 6. The van der Waals surface area contributed by atoms with Crippen molar-refractivity contribution in [2.24, 2.45) is 0 Å². The van der Waals surface area contributed by atoms with Gasteiger partial charge in [-0.3, -0.25) is 15.1 Å². The van der Waals surface area contributed by atoms with Crippen LogP contribution in [0.3, 0.4) is 0 Å². The molecule has 0 amide bonds. The summed E-state index contributed by atoms with van der Waals surface area (Å²) in [6.07, 6.45) is 4.40. The van der Waals surface area contributed by atoms with Crippen molar-refractivity contribution in [2.75, 3.05) is 11.9 Å². The van der Waals surface area contributed by atoms with Gasteiger partial charge in [-0.2, -0.15) is 0 Å². The van der Waals surface area contributed by atoms with Crippen molar-refractivity contribution in [3.63, 3.8) is 0 Å². The maximum Gasteiger partial charge on any atom is 0.282 e. The normalized spacial score (nSPS) is 10.3. The molecule has 7 heteroatoms. The largest absolute Gasteiger partial charge is 0.369 e. The van der Waals surface area contributed by atoms with Crippen molar-refractivity contribution in [3.05, 3.63) is 52.5 Å². The topological polar surface area (TPSA) is 81.0 Å². The molecule has 0 radical (unpaired) electrons. The van der Waals surface area contributed by atoms with Gasteiger partial charge in [0.05, 0.1) is 27.9 Å². The summed E-state index contributed by atoms with van der Waals surface area (Å²) in [4.78, 5) is 19.8. The van der Waals surface area contributed by atoms with E-state index in [0.717, 1.165) is 24.5 Å². The van der Waals surface area contributed by atoms with Crippen molar-refractivity contribution in [2.45, 2.75) is 24.0 Å². The number of benzene rings is 1. The molecule has 0 unspecified atom stereocenters. The van der Waals surface area contributed by atoms with Crippen LogP contribution in [0.15, 0.2) is 41.6 Å². The lowest BCUT2D eigenvalue weighted by atomic mass is 10.3. The number of thioether (sulfide) groups is 1. The zero-order chi connectivity index (χ0) is 15.1. The van der Waals surface area contributed by atoms with E-state index in [1.807, 2.05) is 0 Å². The SMILES string of the molecule is CCCNc1cnc(CSc2ccccc2[N+](=O)[O-])cn1. The Morgan fingerprint density at radius 3 is 2.76 bits per heavy atom. The van der Waals surface area contributed by atoms with Gasteiger partial charge in [0.25, 0.3) is 5.69 Å². The lowest BCUT2D eigenvalue weighted by molar-refractivity contribution is -0.387. The molecular weight excluding hydrogens is 288 g/mol. The van der Waals surface area contributed by atoms with Crippen LogP contribution < -0.4 is 5.32 Å². The first-order chi connectivity index (χ1) is 10.2. The molecule has 0 aliphatic carbocycles. The van der Waals surface area contributed by atoms with Crippen LogP contribution in [0.25, 0.3) is 0 Å². The maximum atomic E-state index is 10.9. The Balaban J connectivity index is 1.98. The smallest absolute Gasteiger partial charge is 0.282 e. The summed E-state index contributed by atoms with van der Waals surface area (Å²) in [5.74, 6) is 1.29. The van der Waals surface area contributed by atoms with Crippen LogP contribution in [0.1, 0.15) is 19.0 Å². The third-order valence-corrected chi connectivity index (χ3v) is 3.80. The first kappa shape index (κ1) is 15.2. The van der Waals surface area contributed by atoms with Gasteiger partial charge in [-0.05, 0) is 12.5 Å². The number of para-hydroxylation sites is 1. The third kappa shape index (κ3) is 4.42. The molecule has 1 N–H and O–H groups in total. The zero-order valence-electron chi connectivity index (χ0n) is 11.7. The van der Waals surface area contributed by atoms with Gasteiger partial charge in [-0.25, -0.2) is 4.98 Å². The van der Waals surface area contributed by atoms with E-state index in [1.54, 1.807) is 30.6 Å². The average Bonchev–Trinajstić information content (AvgIpc) is 2.52. The van der Waals surface area contributed by atoms with E-state index < -0.39 is 0 Å². The van der Waals surface area contributed by atoms with Crippen molar-refractivity contribution in [1.29, 1.82) is 0 Å². The third-order valence-electron chi connectivity index (χ3n) is 2.70. The molecule has 0 aliphatic heterocycles. The quantitative estimate of drug-likeness (QED) is 0.479. The highest BCUT2D eigenvalue weighted by Crippen LogP contribution is 2.30. The van der Waals surface area contributed by atoms with Gasteiger partial charge in [0, 0.05) is 18.4 Å². The van der Waals surface area contributed by atoms with Crippen LogP contribution in [-0.4, -0.2) is 21.4 Å². The van der Waals surface area contributed by atoms with Crippen LogP contribution in [0, 0.1) is 10.1 Å². The number of nitro groups is 1. The van der Waals surface area contributed by atoms with Crippen molar-refractivity contribution in [3.8, 4) is 0 Å². The van der Waals surface area contributed by atoms with E-state index in [0.29, 0.717) is 10.6 Å². The van der Waals surface area contributed by atoms with E-state index in [1.165, 1.54) is 17.8 Å². The number of nitrogens with one attached hydrogen (secondary N) is 1. The Morgan fingerprint density at radius 2 is 2.10 bits per heavy atom. The standard InChI is InChI=1S/C14H16N4O2S/c1-2-7-15-14-9-16-11(8-17-14)10-21-13-6-4-3-5-12(13)18(19)20/h3-6,8-9H,2,7,10H2,1H3,(H,15,17). The van der Waals surface area contributed by atoms with Gasteiger partial charge in [0.1, 0.15) is 5.82 Å². The minimum Gasteiger partial charge on any atom is -0.369 e. The number of aromatic nitrogens is 2. The predicted molar refractivity (Wildman–Crippen MR) is 83.5 cm³/mol. The minimum atomic E-state index is -0.369. The van der Waals surface area contributed by atoms with Crippen LogP contribution in [0.2, 0.25) is 0 Å². The van der Waals surface area contributed by atoms with Gasteiger partial charge >= 0.3 is 0 Å². The van der Waals surface area contributed by atoms with E-state index in [2.05, 4.69) is 22.2 Å². The second kappa shape index (κ2) is 7.58. The average molecular weight is 304 g/mol. The lowest BCUT2D eigenvalue weighted by Crippen LogP contribution is -2.02. The summed E-state index contributed by atoms with van der Waals surface area (Å²) in [6, 6.07) is 6.70. The molecule has 6 nitrogen and oxygen atoms in total. The highest BCUT2D eigenvalue weighted by molar-refractivity contribution is 7.98. The molecule has 0 spiro atoms. The zero-order valence-corrected chi connectivity index (χ0v) is 12.5. The molecule has 0 saturated carbocycles. The Morgan fingerprint density at radius 1 is 1.29 bits per heavy atom. The number of anilines is 1. The van der Waals surface area contributed by atoms with Gasteiger partial charge in [0.2, 0.25) is 0 Å². The van der Waals surface area contributed by atoms with Crippen LogP contribution in [0.5, 0.6) is 0 Å². The molecule has 2 rings (SSSR count). The summed E-state index contributed by atoms with van der Waals surface area (Å²) >= 11 is 1.39. The summed E-state index contributed by atoms with van der Waals surface area (Å²) in [7, 11) is 0. The van der Waals surface area contributed by atoms with E-state index in [-0.39, 0.29) is 10.6 Å². The fraction of sp³-hybridized carbons (Fsp3) is 0.286. The lowest BCUT2D eigenvalue weighted by Gasteiger charge is -2.05. The van der Waals surface area contributed by atoms with Crippen LogP contribution >= 0.6 is 11.8 Å². The molecule has 1 aromatic heterocycles. The second-order valence-corrected chi connectivity index (χ2v) is 5.35. The highest BCUT2D eigenvalue weighted by Gasteiger charge is 2.12. The molecule has 0 aliphatic rings. The fourth-order valence-electron chi connectivity index (χ4n) is 1.66. The van der Waals surface area contributed by atoms with Gasteiger partial charge in [-0.15, -0.1) is 11.8 Å².